The third-order valence-corrected chi connectivity index (χ3v) is 2.89. The summed E-state index contributed by atoms with van der Waals surface area (Å²) in [6, 6.07) is -0.0420. The van der Waals surface area contributed by atoms with Crippen molar-refractivity contribution in [2.24, 2.45) is 0 Å². The van der Waals surface area contributed by atoms with Crippen LogP contribution in [0.5, 0.6) is 0 Å². The smallest absolute Gasteiger partial charge is 0.355 e. The first-order valence-corrected chi connectivity index (χ1v) is 5.91. The van der Waals surface area contributed by atoms with Crippen LogP contribution in [0.4, 0.5) is 0 Å². The van der Waals surface area contributed by atoms with Crippen LogP contribution in [0.25, 0.3) is 0 Å². The maximum Gasteiger partial charge on any atom is 0.355 e. The van der Waals surface area contributed by atoms with E-state index >= 15 is 0 Å². The van der Waals surface area contributed by atoms with Gasteiger partial charge in [0.1, 0.15) is 0 Å². The Balaban J connectivity index is 2.54. The zero-order valence-corrected chi connectivity index (χ0v) is 10.4. The Morgan fingerprint density at radius 2 is 2.35 bits per heavy atom. The van der Waals surface area contributed by atoms with E-state index in [1.54, 1.807) is 7.11 Å². The third-order valence-electron chi connectivity index (χ3n) is 2.05. The van der Waals surface area contributed by atoms with E-state index in [1.807, 2.05) is 6.92 Å². The van der Waals surface area contributed by atoms with E-state index in [1.165, 1.54) is 5.38 Å². The summed E-state index contributed by atoms with van der Waals surface area (Å²) in [5, 5.41) is 12.9. The predicted molar refractivity (Wildman–Crippen MR) is 62.5 cm³/mol. The number of carboxylic acid groups (broad SMARTS) is 1. The van der Waals surface area contributed by atoms with Gasteiger partial charge in [-0.3, -0.25) is 4.79 Å². The fourth-order valence-electron chi connectivity index (χ4n) is 1.13. The maximum atomic E-state index is 11.7. The summed E-state index contributed by atoms with van der Waals surface area (Å²) in [7, 11) is 1.59. The van der Waals surface area contributed by atoms with Gasteiger partial charge in [-0.15, -0.1) is 11.3 Å². The topological polar surface area (TPSA) is 88.5 Å². The SMILES string of the molecule is COCCC(C)NC(=O)c1nc(C(=O)O)cs1. The zero-order valence-electron chi connectivity index (χ0n) is 9.60. The zero-order chi connectivity index (χ0) is 12.8. The molecule has 1 aromatic heterocycles. The van der Waals surface area contributed by atoms with E-state index in [0.29, 0.717) is 13.0 Å². The van der Waals surface area contributed by atoms with Gasteiger partial charge in [-0.25, -0.2) is 9.78 Å². The summed E-state index contributed by atoms with van der Waals surface area (Å²) >= 11 is 1.02. The summed E-state index contributed by atoms with van der Waals surface area (Å²) < 4.78 is 4.89. The number of carboxylic acids is 1. The van der Waals surface area contributed by atoms with Crippen LogP contribution in [0, 0.1) is 0 Å². The molecule has 1 rings (SSSR count). The highest BCUT2D eigenvalue weighted by atomic mass is 32.1. The van der Waals surface area contributed by atoms with Crippen LogP contribution in [0.15, 0.2) is 5.38 Å². The van der Waals surface area contributed by atoms with E-state index in [4.69, 9.17) is 9.84 Å². The Morgan fingerprint density at radius 3 is 2.88 bits per heavy atom. The van der Waals surface area contributed by atoms with Gasteiger partial charge in [0, 0.05) is 25.1 Å². The van der Waals surface area contributed by atoms with E-state index in [-0.39, 0.29) is 22.7 Å². The van der Waals surface area contributed by atoms with Crippen molar-refractivity contribution in [2.75, 3.05) is 13.7 Å². The maximum absolute atomic E-state index is 11.7. The van der Waals surface area contributed by atoms with Gasteiger partial charge in [0.05, 0.1) is 0 Å². The van der Waals surface area contributed by atoms with Crippen molar-refractivity contribution in [3.63, 3.8) is 0 Å². The van der Waals surface area contributed by atoms with Gasteiger partial charge in [0.2, 0.25) is 0 Å². The highest BCUT2D eigenvalue weighted by Crippen LogP contribution is 2.10. The normalized spacial score (nSPS) is 12.1. The van der Waals surface area contributed by atoms with Crippen LogP contribution in [-0.4, -0.2) is 41.7 Å². The molecule has 6 nitrogen and oxygen atoms in total. The standard InChI is InChI=1S/C10H14N2O4S/c1-6(3-4-16-2)11-8(13)9-12-7(5-17-9)10(14)15/h5-6H,3-4H2,1-2H3,(H,11,13)(H,14,15). The van der Waals surface area contributed by atoms with Gasteiger partial charge in [-0.1, -0.05) is 0 Å². The number of aromatic carboxylic acids is 1. The van der Waals surface area contributed by atoms with Gasteiger partial charge in [0.15, 0.2) is 10.7 Å². The molecule has 0 bridgehead atoms. The summed E-state index contributed by atoms with van der Waals surface area (Å²) in [5.74, 6) is -1.49. The quantitative estimate of drug-likeness (QED) is 0.794. The lowest BCUT2D eigenvalue weighted by Gasteiger charge is -2.11. The second-order valence-electron chi connectivity index (χ2n) is 3.50. The molecule has 1 atom stereocenters. The average Bonchev–Trinajstić information content (AvgIpc) is 2.75. The van der Waals surface area contributed by atoms with Crippen molar-refractivity contribution in [1.82, 2.24) is 10.3 Å². The average molecular weight is 258 g/mol. The number of nitrogens with one attached hydrogen (secondary N) is 1. The minimum Gasteiger partial charge on any atom is -0.476 e. The molecule has 0 aliphatic heterocycles. The van der Waals surface area contributed by atoms with E-state index in [0.717, 1.165) is 11.3 Å². The number of methoxy groups -OCH3 is 1. The van der Waals surface area contributed by atoms with E-state index in [2.05, 4.69) is 10.3 Å². The molecule has 17 heavy (non-hydrogen) atoms. The summed E-state index contributed by atoms with van der Waals surface area (Å²) in [5.41, 5.74) is -0.107. The van der Waals surface area contributed by atoms with Crippen LogP contribution in [-0.2, 0) is 4.74 Å². The lowest BCUT2D eigenvalue weighted by atomic mass is 10.2. The number of carbonyl (C=O) groups excluding carboxylic acids is 1. The molecule has 1 heterocycles. The Hall–Kier alpha value is -1.47. The van der Waals surface area contributed by atoms with Crippen LogP contribution in [0.3, 0.4) is 0 Å². The van der Waals surface area contributed by atoms with Crippen molar-refractivity contribution in [1.29, 1.82) is 0 Å². The first kappa shape index (κ1) is 13.6. The number of rotatable bonds is 6. The summed E-state index contributed by atoms with van der Waals surface area (Å²) in [6.45, 7) is 2.41. The minimum atomic E-state index is -1.13. The number of hydrogen-bond acceptors (Lipinski definition) is 5. The number of amides is 1. The first-order valence-electron chi connectivity index (χ1n) is 5.03. The third kappa shape index (κ3) is 4.12. The number of hydrogen-bond donors (Lipinski definition) is 2. The molecule has 0 saturated carbocycles. The van der Waals surface area contributed by atoms with Gasteiger partial charge in [-0.2, -0.15) is 0 Å². The molecule has 0 aromatic carbocycles. The Morgan fingerprint density at radius 1 is 1.65 bits per heavy atom. The number of ether oxygens (including phenoxy) is 1. The van der Waals surface area contributed by atoms with Crippen molar-refractivity contribution in [2.45, 2.75) is 19.4 Å². The Kier molecular flexibility index (Phi) is 5.05. The van der Waals surface area contributed by atoms with Gasteiger partial charge in [0.25, 0.3) is 5.91 Å². The number of thiazole rings is 1. The van der Waals surface area contributed by atoms with E-state index < -0.39 is 5.97 Å². The second kappa shape index (κ2) is 6.31. The molecule has 94 valence electrons. The molecule has 0 spiro atoms. The second-order valence-corrected chi connectivity index (χ2v) is 4.36. The fourth-order valence-corrected chi connectivity index (χ4v) is 1.82. The molecular weight excluding hydrogens is 244 g/mol. The molecule has 1 unspecified atom stereocenters. The fraction of sp³-hybridized carbons (Fsp3) is 0.500. The van der Waals surface area contributed by atoms with Crippen molar-refractivity contribution in [3.05, 3.63) is 16.1 Å². The van der Waals surface area contributed by atoms with Crippen molar-refractivity contribution >= 4 is 23.2 Å². The van der Waals surface area contributed by atoms with E-state index in [9.17, 15) is 9.59 Å². The molecular formula is C10H14N2O4S. The van der Waals surface area contributed by atoms with Gasteiger partial charge < -0.3 is 15.2 Å². The largest absolute Gasteiger partial charge is 0.476 e. The van der Waals surface area contributed by atoms with Crippen LogP contribution >= 0.6 is 11.3 Å². The molecule has 0 aliphatic rings. The number of aromatic nitrogens is 1. The van der Waals surface area contributed by atoms with Crippen LogP contribution in [0.2, 0.25) is 0 Å². The Bertz CT molecular complexity index is 405. The molecule has 1 aromatic rings. The predicted octanol–water partition coefficient (Wildman–Crippen LogP) is 0.996. The molecule has 1 amide bonds. The van der Waals surface area contributed by atoms with Crippen LogP contribution in [0.1, 0.15) is 33.6 Å². The number of nitrogens with zero attached hydrogens (tertiary/aromatic N) is 1. The number of carbonyl (C=O) groups is 2. The highest BCUT2D eigenvalue weighted by molar-refractivity contribution is 7.11. The summed E-state index contributed by atoms with van der Waals surface area (Å²) in [6.07, 6.45) is 0.694. The lowest BCUT2D eigenvalue weighted by molar-refractivity contribution is 0.0691. The Labute approximate surface area is 103 Å². The van der Waals surface area contributed by atoms with Gasteiger partial charge >= 0.3 is 5.97 Å². The highest BCUT2D eigenvalue weighted by Gasteiger charge is 2.16. The van der Waals surface area contributed by atoms with Crippen molar-refractivity contribution < 1.29 is 19.4 Å². The molecule has 0 fully saturated rings. The molecule has 2 N–H and O–H groups in total. The first-order chi connectivity index (χ1) is 8.04. The monoisotopic (exact) mass is 258 g/mol. The van der Waals surface area contributed by atoms with Crippen molar-refractivity contribution in [3.8, 4) is 0 Å². The minimum absolute atomic E-state index is 0.0420. The van der Waals surface area contributed by atoms with Crippen LogP contribution < -0.4 is 5.32 Å². The molecule has 0 aliphatic carbocycles. The molecule has 7 heteroatoms. The molecule has 0 saturated heterocycles. The lowest BCUT2D eigenvalue weighted by Crippen LogP contribution is -2.33. The molecule has 0 radical (unpaired) electrons. The van der Waals surface area contributed by atoms with Gasteiger partial charge in [-0.05, 0) is 13.3 Å². The summed E-state index contributed by atoms with van der Waals surface area (Å²) in [4.78, 5) is 26.0.